The van der Waals surface area contributed by atoms with Crippen LogP contribution in [0.1, 0.15) is 18.5 Å². The first-order valence-electron chi connectivity index (χ1n) is 8.33. The minimum atomic E-state index is -4.82. The molecular weight excluding hydrogens is 394 g/mol. The van der Waals surface area contributed by atoms with Crippen LogP contribution in [0.2, 0.25) is 0 Å². The van der Waals surface area contributed by atoms with Gasteiger partial charge in [-0.15, -0.1) is 13.2 Å². The number of hydrogen-bond acceptors (Lipinski definition) is 3. The fourth-order valence-corrected chi connectivity index (χ4v) is 2.87. The van der Waals surface area contributed by atoms with Crippen molar-refractivity contribution >= 4 is 17.6 Å². The van der Waals surface area contributed by atoms with Gasteiger partial charge in [0.1, 0.15) is 11.6 Å². The van der Waals surface area contributed by atoms with Crippen molar-refractivity contribution in [2.75, 3.05) is 5.32 Å². The summed E-state index contributed by atoms with van der Waals surface area (Å²) in [6.45, 7) is 1.51. The number of amides is 3. The molecule has 0 saturated carbocycles. The molecule has 152 valence electrons. The zero-order valence-electron chi connectivity index (χ0n) is 14.9. The van der Waals surface area contributed by atoms with Crippen LogP contribution in [-0.2, 0) is 4.79 Å². The van der Waals surface area contributed by atoms with Crippen LogP contribution in [0.5, 0.6) is 5.75 Å². The Hall–Kier alpha value is -3.56. The van der Waals surface area contributed by atoms with Gasteiger partial charge in [-0.25, -0.2) is 9.18 Å². The second-order valence-corrected chi connectivity index (χ2v) is 6.15. The SMILES string of the molecule is CC1=C(C(=O)Nc2ccc(OC(F)(F)F)cc2)[C@@H](c2cccc(F)c2)NC(=O)N1. The van der Waals surface area contributed by atoms with Gasteiger partial charge in [0, 0.05) is 11.4 Å². The van der Waals surface area contributed by atoms with E-state index in [1.165, 1.54) is 37.3 Å². The number of allylic oxidation sites excluding steroid dienone is 1. The molecule has 0 radical (unpaired) electrons. The molecule has 3 amide bonds. The highest BCUT2D eigenvalue weighted by Crippen LogP contribution is 2.29. The zero-order chi connectivity index (χ0) is 21.2. The number of carbonyl (C=O) groups excluding carboxylic acids is 2. The summed E-state index contributed by atoms with van der Waals surface area (Å²) in [7, 11) is 0. The van der Waals surface area contributed by atoms with Crippen molar-refractivity contribution in [1.29, 1.82) is 0 Å². The third kappa shape index (κ3) is 5.03. The number of hydrogen-bond donors (Lipinski definition) is 3. The minimum absolute atomic E-state index is 0.130. The van der Waals surface area contributed by atoms with Gasteiger partial charge in [0.25, 0.3) is 5.91 Å². The summed E-state index contributed by atoms with van der Waals surface area (Å²) in [5.74, 6) is -1.59. The smallest absolute Gasteiger partial charge is 0.406 e. The van der Waals surface area contributed by atoms with E-state index >= 15 is 0 Å². The van der Waals surface area contributed by atoms with Gasteiger partial charge in [-0.2, -0.15) is 0 Å². The van der Waals surface area contributed by atoms with E-state index in [2.05, 4.69) is 20.7 Å². The standard InChI is InChI=1S/C19H15F4N3O3/c1-10-15(16(26-18(28)24-10)11-3-2-4-12(20)9-11)17(27)25-13-5-7-14(8-6-13)29-19(21,22)23/h2-9,16H,1H3,(H,25,27)(H2,24,26,28)/t16-/m1/s1. The Bertz CT molecular complexity index is 971. The molecular formula is C19H15F4N3O3. The molecule has 3 rings (SSSR count). The van der Waals surface area contributed by atoms with Gasteiger partial charge in [-0.3, -0.25) is 4.79 Å². The number of anilines is 1. The molecule has 0 spiro atoms. The molecule has 2 aromatic rings. The number of rotatable bonds is 4. The van der Waals surface area contributed by atoms with Crippen LogP contribution in [0.4, 0.5) is 28.0 Å². The summed E-state index contributed by atoms with van der Waals surface area (Å²) in [5, 5.41) is 7.58. The van der Waals surface area contributed by atoms with Crippen molar-refractivity contribution in [2.24, 2.45) is 0 Å². The van der Waals surface area contributed by atoms with Gasteiger partial charge in [0.2, 0.25) is 0 Å². The van der Waals surface area contributed by atoms with E-state index in [9.17, 15) is 27.2 Å². The maximum Gasteiger partial charge on any atom is 0.573 e. The number of halogens is 4. The predicted molar refractivity (Wildman–Crippen MR) is 95.3 cm³/mol. The van der Waals surface area contributed by atoms with E-state index in [1.807, 2.05) is 0 Å². The fourth-order valence-electron chi connectivity index (χ4n) is 2.87. The molecule has 10 heteroatoms. The third-order valence-electron chi connectivity index (χ3n) is 4.04. The maximum absolute atomic E-state index is 13.6. The lowest BCUT2D eigenvalue weighted by Crippen LogP contribution is -2.46. The van der Waals surface area contributed by atoms with Crippen LogP contribution < -0.4 is 20.7 Å². The molecule has 0 saturated heterocycles. The summed E-state index contributed by atoms with van der Waals surface area (Å²) in [4.78, 5) is 24.6. The van der Waals surface area contributed by atoms with Crippen LogP contribution in [0.15, 0.2) is 59.8 Å². The molecule has 1 heterocycles. The molecule has 2 aromatic carbocycles. The average Bonchev–Trinajstić information content (AvgIpc) is 2.61. The third-order valence-corrected chi connectivity index (χ3v) is 4.04. The Balaban J connectivity index is 1.83. The summed E-state index contributed by atoms with van der Waals surface area (Å²) in [5.41, 5.74) is 0.960. The maximum atomic E-state index is 13.6. The largest absolute Gasteiger partial charge is 0.573 e. The minimum Gasteiger partial charge on any atom is -0.406 e. The van der Waals surface area contributed by atoms with Gasteiger partial charge in [0.15, 0.2) is 0 Å². The molecule has 1 atom stereocenters. The number of ether oxygens (including phenoxy) is 1. The highest BCUT2D eigenvalue weighted by molar-refractivity contribution is 6.06. The highest BCUT2D eigenvalue weighted by atomic mass is 19.4. The Kier molecular flexibility index (Phi) is 5.44. The van der Waals surface area contributed by atoms with Crippen molar-refractivity contribution in [2.45, 2.75) is 19.3 Å². The van der Waals surface area contributed by atoms with Gasteiger partial charge >= 0.3 is 12.4 Å². The Labute approximate surface area is 162 Å². The Morgan fingerprint density at radius 1 is 1.14 bits per heavy atom. The van der Waals surface area contributed by atoms with Crippen LogP contribution >= 0.6 is 0 Å². The molecule has 0 unspecified atom stereocenters. The second-order valence-electron chi connectivity index (χ2n) is 6.15. The monoisotopic (exact) mass is 409 g/mol. The van der Waals surface area contributed by atoms with Gasteiger partial charge in [0.05, 0.1) is 11.6 Å². The number of carbonyl (C=O) groups is 2. The summed E-state index contributed by atoms with van der Waals surface area (Å²) in [6.07, 6.45) is -4.82. The first-order valence-corrected chi connectivity index (χ1v) is 8.33. The normalized spacial score (nSPS) is 16.7. The molecule has 3 N–H and O–H groups in total. The Morgan fingerprint density at radius 2 is 1.83 bits per heavy atom. The van der Waals surface area contributed by atoms with E-state index in [-0.39, 0.29) is 17.0 Å². The lowest BCUT2D eigenvalue weighted by Gasteiger charge is -2.28. The lowest BCUT2D eigenvalue weighted by molar-refractivity contribution is -0.274. The molecule has 6 nitrogen and oxygen atoms in total. The topological polar surface area (TPSA) is 79.5 Å². The second kappa shape index (κ2) is 7.82. The number of alkyl halides is 3. The van der Waals surface area contributed by atoms with Gasteiger partial charge in [-0.05, 0) is 48.9 Å². The van der Waals surface area contributed by atoms with E-state index in [4.69, 9.17) is 0 Å². The van der Waals surface area contributed by atoms with Crippen molar-refractivity contribution in [3.8, 4) is 5.75 Å². The van der Waals surface area contributed by atoms with Gasteiger partial charge < -0.3 is 20.7 Å². The molecule has 0 aromatic heterocycles. The molecule has 29 heavy (non-hydrogen) atoms. The molecule has 1 aliphatic heterocycles. The van der Waals surface area contributed by atoms with E-state index in [1.54, 1.807) is 6.07 Å². The molecule has 0 aliphatic carbocycles. The van der Waals surface area contributed by atoms with Crippen LogP contribution in [0, 0.1) is 5.82 Å². The summed E-state index contributed by atoms with van der Waals surface area (Å²) in [6, 6.07) is 8.54. The summed E-state index contributed by atoms with van der Waals surface area (Å²) < 4.78 is 54.1. The quantitative estimate of drug-likeness (QED) is 0.668. The molecule has 1 aliphatic rings. The molecule has 0 bridgehead atoms. The highest BCUT2D eigenvalue weighted by Gasteiger charge is 2.32. The number of nitrogens with one attached hydrogen (secondary N) is 3. The van der Waals surface area contributed by atoms with E-state index in [0.29, 0.717) is 5.56 Å². The first kappa shape index (κ1) is 20.2. The van der Waals surface area contributed by atoms with Gasteiger partial charge in [-0.1, -0.05) is 12.1 Å². The van der Waals surface area contributed by atoms with E-state index in [0.717, 1.165) is 12.1 Å². The Morgan fingerprint density at radius 3 is 2.45 bits per heavy atom. The fraction of sp³-hybridized carbons (Fsp3) is 0.158. The lowest BCUT2D eigenvalue weighted by atomic mass is 9.94. The predicted octanol–water partition coefficient (Wildman–Crippen LogP) is 3.99. The summed E-state index contributed by atoms with van der Waals surface area (Å²) >= 11 is 0. The van der Waals surface area contributed by atoms with Crippen molar-refractivity contribution < 1.29 is 31.9 Å². The van der Waals surface area contributed by atoms with Crippen molar-refractivity contribution in [3.63, 3.8) is 0 Å². The van der Waals surface area contributed by atoms with Crippen LogP contribution in [0.25, 0.3) is 0 Å². The first-order chi connectivity index (χ1) is 13.6. The van der Waals surface area contributed by atoms with Crippen LogP contribution in [-0.4, -0.2) is 18.3 Å². The van der Waals surface area contributed by atoms with Crippen LogP contribution in [0.3, 0.4) is 0 Å². The number of benzene rings is 2. The zero-order valence-corrected chi connectivity index (χ0v) is 14.9. The van der Waals surface area contributed by atoms with Crippen molar-refractivity contribution in [3.05, 3.63) is 71.2 Å². The van der Waals surface area contributed by atoms with Crippen molar-refractivity contribution in [1.82, 2.24) is 10.6 Å². The van der Waals surface area contributed by atoms with E-state index < -0.39 is 35.9 Å². The average molecular weight is 409 g/mol. The molecule has 0 fully saturated rings. The number of urea groups is 1.